The lowest BCUT2D eigenvalue weighted by molar-refractivity contribution is -0.144. The smallest absolute Gasteiger partial charge is 0.417 e. The van der Waals surface area contributed by atoms with E-state index in [1.54, 1.807) is 6.07 Å². The molecule has 2 aliphatic rings. The molecule has 7 heteroatoms. The van der Waals surface area contributed by atoms with Crippen LogP contribution in [0.15, 0.2) is 23.6 Å². The van der Waals surface area contributed by atoms with Gasteiger partial charge in [-0.15, -0.1) is 11.3 Å². The van der Waals surface area contributed by atoms with E-state index in [4.69, 9.17) is 0 Å². The first-order valence-corrected chi connectivity index (χ1v) is 9.71. The van der Waals surface area contributed by atoms with Gasteiger partial charge in [-0.1, -0.05) is 12.1 Å². The van der Waals surface area contributed by atoms with Crippen molar-refractivity contribution in [3.05, 3.63) is 34.7 Å². The Labute approximate surface area is 153 Å². The van der Waals surface area contributed by atoms with Crippen LogP contribution in [0, 0.1) is 5.41 Å². The van der Waals surface area contributed by atoms with Crippen LogP contribution in [0.25, 0.3) is 10.1 Å². The van der Waals surface area contributed by atoms with Gasteiger partial charge in [0, 0.05) is 11.2 Å². The zero-order valence-corrected chi connectivity index (χ0v) is 15.0. The predicted molar refractivity (Wildman–Crippen MR) is 94.5 cm³/mol. The van der Waals surface area contributed by atoms with Gasteiger partial charge in [0.25, 0.3) is 0 Å². The molecule has 2 heterocycles. The molecule has 0 bridgehead atoms. The van der Waals surface area contributed by atoms with Crippen molar-refractivity contribution in [3.63, 3.8) is 0 Å². The molecule has 1 N–H and O–H groups in total. The van der Waals surface area contributed by atoms with E-state index in [0.29, 0.717) is 16.6 Å². The minimum Gasteiger partial charge on any atom is -0.481 e. The molecule has 0 amide bonds. The molecule has 1 aromatic heterocycles. The third-order valence-electron chi connectivity index (χ3n) is 5.80. The number of halogens is 3. The normalized spacial score (nSPS) is 21.2. The van der Waals surface area contributed by atoms with Crippen molar-refractivity contribution in [2.75, 3.05) is 19.6 Å². The van der Waals surface area contributed by atoms with Crippen molar-refractivity contribution >= 4 is 27.4 Å². The SMILES string of the molecule is O=C(O)C1(CN2CCC(c3csc4c(C(F)(F)F)cccc34)CC2)CC1. The monoisotopic (exact) mass is 383 g/mol. The Hall–Kier alpha value is -1.60. The number of thiophene rings is 1. The first-order chi connectivity index (χ1) is 12.3. The highest BCUT2D eigenvalue weighted by molar-refractivity contribution is 7.17. The number of alkyl halides is 3. The molecule has 1 aliphatic heterocycles. The van der Waals surface area contributed by atoms with Crippen molar-refractivity contribution in [3.8, 4) is 0 Å². The average molecular weight is 383 g/mol. The Morgan fingerprint density at radius 2 is 1.96 bits per heavy atom. The minimum absolute atomic E-state index is 0.239. The van der Waals surface area contributed by atoms with Gasteiger partial charge >= 0.3 is 12.1 Å². The van der Waals surface area contributed by atoms with Gasteiger partial charge in [0.1, 0.15) is 0 Å². The maximum atomic E-state index is 13.2. The number of fused-ring (bicyclic) bond motifs is 1. The molecule has 1 aliphatic carbocycles. The Kier molecular flexibility index (Phi) is 4.27. The molecule has 1 saturated heterocycles. The van der Waals surface area contributed by atoms with E-state index in [0.717, 1.165) is 50.4 Å². The first kappa shape index (κ1) is 17.8. The molecule has 140 valence electrons. The van der Waals surface area contributed by atoms with Crippen LogP contribution < -0.4 is 0 Å². The molecule has 0 spiro atoms. The van der Waals surface area contributed by atoms with Gasteiger partial charge in [-0.25, -0.2) is 0 Å². The van der Waals surface area contributed by atoms with Crippen LogP contribution in [0.5, 0.6) is 0 Å². The van der Waals surface area contributed by atoms with Crippen molar-refractivity contribution < 1.29 is 23.1 Å². The zero-order chi connectivity index (χ0) is 18.5. The molecule has 0 unspecified atom stereocenters. The molecular weight excluding hydrogens is 363 g/mol. The van der Waals surface area contributed by atoms with Crippen molar-refractivity contribution in [1.29, 1.82) is 0 Å². The second kappa shape index (κ2) is 6.23. The third-order valence-corrected chi connectivity index (χ3v) is 6.84. The molecule has 0 radical (unpaired) electrons. The molecule has 0 atom stereocenters. The highest BCUT2D eigenvalue weighted by atomic mass is 32.1. The topological polar surface area (TPSA) is 40.5 Å². The highest BCUT2D eigenvalue weighted by Crippen LogP contribution is 2.47. The number of piperidine rings is 1. The average Bonchev–Trinajstić information content (AvgIpc) is 3.25. The van der Waals surface area contributed by atoms with Crippen molar-refractivity contribution in [1.82, 2.24) is 4.90 Å². The standard InChI is InChI=1S/C19H20F3NO2S/c20-19(21,22)15-3-1-2-13-14(10-26-16(13)15)12-4-8-23(9-5-12)11-18(6-7-18)17(24)25/h1-3,10,12H,4-9,11H2,(H,24,25). The zero-order valence-electron chi connectivity index (χ0n) is 14.2. The second-order valence-electron chi connectivity index (χ2n) is 7.51. The molecule has 2 aromatic rings. The van der Waals surface area contributed by atoms with Crippen LogP contribution >= 0.6 is 11.3 Å². The van der Waals surface area contributed by atoms with Gasteiger partial charge < -0.3 is 10.0 Å². The van der Waals surface area contributed by atoms with Gasteiger partial charge in [-0.3, -0.25) is 4.79 Å². The quantitative estimate of drug-likeness (QED) is 0.811. The van der Waals surface area contributed by atoms with Crippen molar-refractivity contribution in [2.24, 2.45) is 5.41 Å². The minimum atomic E-state index is -4.33. The summed E-state index contributed by atoms with van der Waals surface area (Å²) in [5.74, 6) is -0.466. The Morgan fingerprint density at radius 3 is 2.54 bits per heavy atom. The molecule has 26 heavy (non-hydrogen) atoms. The summed E-state index contributed by atoms with van der Waals surface area (Å²) in [6.07, 6.45) is -1.12. The van der Waals surface area contributed by atoms with Crippen LogP contribution in [0.4, 0.5) is 13.2 Å². The van der Waals surface area contributed by atoms with Gasteiger partial charge in [0.05, 0.1) is 11.0 Å². The lowest BCUT2D eigenvalue weighted by Crippen LogP contribution is -2.39. The van der Waals surface area contributed by atoms with Crippen LogP contribution in [-0.2, 0) is 11.0 Å². The summed E-state index contributed by atoms with van der Waals surface area (Å²) in [5, 5.41) is 11.9. The van der Waals surface area contributed by atoms with Crippen LogP contribution in [-0.4, -0.2) is 35.6 Å². The number of carbonyl (C=O) groups is 1. The molecule has 1 saturated carbocycles. The fourth-order valence-corrected chi connectivity index (χ4v) is 5.23. The van der Waals surface area contributed by atoms with E-state index in [9.17, 15) is 23.1 Å². The van der Waals surface area contributed by atoms with E-state index in [2.05, 4.69) is 4.90 Å². The van der Waals surface area contributed by atoms with E-state index < -0.39 is 23.1 Å². The van der Waals surface area contributed by atoms with Crippen LogP contribution in [0.3, 0.4) is 0 Å². The molecule has 3 nitrogen and oxygen atoms in total. The summed E-state index contributed by atoms with van der Waals surface area (Å²) >= 11 is 1.17. The number of benzene rings is 1. The molecule has 1 aromatic carbocycles. The van der Waals surface area contributed by atoms with Gasteiger partial charge in [-0.2, -0.15) is 13.2 Å². The third kappa shape index (κ3) is 3.11. The summed E-state index contributed by atoms with van der Waals surface area (Å²) in [7, 11) is 0. The second-order valence-corrected chi connectivity index (χ2v) is 8.39. The molecular formula is C19H20F3NO2S. The molecule has 2 fully saturated rings. The number of rotatable bonds is 4. The lowest BCUT2D eigenvalue weighted by Gasteiger charge is -2.33. The van der Waals surface area contributed by atoms with E-state index in [1.165, 1.54) is 17.4 Å². The number of carboxylic acids is 1. The predicted octanol–water partition coefficient (Wildman–Crippen LogP) is 4.96. The Balaban J connectivity index is 1.49. The summed E-state index contributed by atoms with van der Waals surface area (Å²) in [4.78, 5) is 13.6. The lowest BCUT2D eigenvalue weighted by atomic mass is 9.88. The van der Waals surface area contributed by atoms with Gasteiger partial charge in [0.15, 0.2) is 0 Å². The fraction of sp³-hybridized carbons (Fsp3) is 0.526. The van der Waals surface area contributed by atoms with E-state index in [-0.39, 0.29) is 5.92 Å². The molecule has 4 rings (SSSR count). The summed E-state index contributed by atoms with van der Waals surface area (Å²) in [6.45, 7) is 2.20. The van der Waals surface area contributed by atoms with Crippen LogP contribution in [0.2, 0.25) is 0 Å². The van der Waals surface area contributed by atoms with E-state index >= 15 is 0 Å². The number of hydrogen-bond donors (Lipinski definition) is 1. The van der Waals surface area contributed by atoms with Gasteiger partial charge in [-0.05, 0) is 67.1 Å². The number of likely N-dealkylation sites (tertiary alicyclic amines) is 1. The summed E-state index contributed by atoms with van der Waals surface area (Å²) < 4.78 is 39.9. The largest absolute Gasteiger partial charge is 0.481 e. The number of aliphatic carboxylic acids is 1. The summed E-state index contributed by atoms with van der Waals surface area (Å²) in [5.41, 5.74) is -0.0975. The number of nitrogens with zero attached hydrogens (tertiary/aromatic N) is 1. The summed E-state index contributed by atoms with van der Waals surface area (Å²) in [6, 6.07) is 4.42. The van der Waals surface area contributed by atoms with Crippen molar-refractivity contribution in [2.45, 2.75) is 37.8 Å². The number of carboxylic acid groups (broad SMARTS) is 1. The van der Waals surface area contributed by atoms with E-state index in [1.807, 2.05) is 5.38 Å². The number of hydrogen-bond acceptors (Lipinski definition) is 3. The maximum Gasteiger partial charge on any atom is 0.417 e. The van der Waals surface area contributed by atoms with Crippen LogP contribution in [0.1, 0.15) is 42.7 Å². The van der Waals surface area contributed by atoms with Gasteiger partial charge in [0.2, 0.25) is 0 Å². The first-order valence-electron chi connectivity index (χ1n) is 8.83. The maximum absolute atomic E-state index is 13.2. The Morgan fingerprint density at radius 1 is 1.27 bits per heavy atom. The Bertz CT molecular complexity index is 833. The highest BCUT2D eigenvalue weighted by Gasteiger charge is 2.51. The fourth-order valence-electron chi connectivity index (χ4n) is 4.04.